The SMILES string of the molecule is CC(C)Oc1c2c(c(OC(C)C)c3ccccc13)C(=O)N(c1ccc(CC(=O)O)cc1Cl)C2.CCOC(=O)Cc1ccc(N2Cc3c(c(OC(C)C)c4ccccc4c3OC(C)C)C2=O)c(Cl)c1. The fraction of sp³-hybridized carbons (Fsp3) is 0.333. The minimum absolute atomic E-state index is 0.0747. The summed E-state index contributed by atoms with van der Waals surface area (Å²) in [5.41, 5.74) is 4.89. The number of nitrogens with zero attached hydrogens (tertiary/aromatic N) is 2. The smallest absolute Gasteiger partial charge is 0.310 e. The van der Waals surface area contributed by atoms with E-state index in [1.807, 2.05) is 104 Å². The number of rotatable bonds is 15. The number of carbonyl (C=O) groups is 4. The summed E-state index contributed by atoms with van der Waals surface area (Å²) < 4.78 is 29.9. The number of ether oxygens (including phenoxy) is 5. The Morgan fingerprint density at radius 2 is 0.912 bits per heavy atom. The van der Waals surface area contributed by atoms with Gasteiger partial charge in [0.25, 0.3) is 11.8 Å². The van der Waals surface area contributed by atoms with Crippen molar-refractivity contribution in [3.63, 3.8) is 0 Å². The first-order chi connectivity index (χ1) is 32.4. The van der Waals surface area contributed by atoms with Gasteiger partial charge in [0.15, 0.2) is 0 Å². The van der Waals surface area contributed by atoms with Gasteiger partial charge in [-0.15, -0.1) is 0 Å². The molecule has 2 heterocycles. The van der Waals surface area contributed by atoms with Crippen molar-refractivity contribution >= 4 is 79.9 Å². The molecule has 0 aliphatic carbocycles. The average molecular weight is 964 g/mol. The summed E-state index contributed by atoms with van der Waals surface area (Å²) in [5, 5.41) is 13.2. The van der Waals surface area contributed by atoms with E-state index in [9.17, 15) is 19.2 Å². The molecular formula is C54H56Cl2N2O10. The highest BCUT2D eigenvalue weighted by Crippen LogP contribution is 2.49. The molecule has 0 unspecified atom stereocenters. The fourth-order valence-electron chi connectivity index (χ4n) is 8.50. The zero-order valence-corrected chi connectivity index (χ0v) is 41.2. The van der Waals surface area contributed by atoms with Crippen molar-refractivity contribution in [1.82, 2.24) is 0 Å². The lowest BCUT2D eigenvalue weighted by atomic mass is 9.99. The third-order valence-electron chi connectivity index (χ3n) is 11.0. The van der Waals surface area contributed by atoms with Crippen molar-refractivity contribution in [2.75, 3.05) is 16.4 Å². The number of hydrogen-bond donors (Lipinski definition) is 1. The van der Waals surface area contributed by atoms with Crippen LogP contribution < -0.4 is 28.7 Å². The number of anilines is 2. The predicted molar refractivity (Wildman–Crippen MR) is 267 cm³/mol. The van der Waals surface area contributed by atoms with Crippen LogP contribution in [-0.4, -0.2) is 59.9 Å². The molecule has 0 atom stereocenters. The lowest BCUT2D eigenvalue weighted by Gasteiger charge is -2.20. The molecule has 0 saturated heterocycles. The quantitative estimate of drug-likeness (QED) is 0.0989. The number of carboxylic acids is 1. The second-order valence-corrected chi connectivity index (χ2v) is 18.5. The van der Waals surface area contributed by atoms with Crippen LogP contribution in [0, 0.1) is 0 Å². The van der Waals surface area contributed by atoms with Crippen molar-refractivity contribution in [3.05, 3.63) is 128 Å². The summed E-state index contributed by atoms with van der Waals surface area (Å²) in [6, 6.07) is 25.8. The van der Waals surface area contributed by atoms with Crippen LogP contribution in [0.1, 0.15) is 105 Å². The van der Waals surface area contributed by atoms with Crippen molar-refractivity contribution < 1.29 is 48.0 Å². The molecular weight excluding hydrogens is 908 g/mol. The molecule has 0 radical (unpaired) electrons. The number of carbonyl (C=O) groups excluding carboxylic acids is 3. The molecule has 0 spiro atoms. The monoisotopic (exact) mass is 962 g/mol. The molecule has 0 aromatic heterocycles. The summed E-state index contributed by atoms with van der Waals surface area (Å²) in [7, 11) is 0. The Labute approximate surface area is 406 Å². The van der Waals surface area contributed by atoms with E-state index in [0.717, 1.165) is 38.2 Å². The number of halogens is 2. The second-order valence-electron chi connectivity index (χ2n) is 17.7. The molecule has 14 heteroatoms. The normalized spacial score (nSPS) is 13.1. The van der Waals surface area contributed by atoms with Gasteiger partial charge in [0.2, 0.25) is 0 Å². The van der Waals surface area contributed by atoms with Gasteiger partial charge in [0, 0.05) is 32.7 Å². The number of fused-ring (bicyclic) bond motifs is 4. The van der Waals surface area contributed by atoms with E-state index in [2.05, 4.69) is 0 Å². The van der Waals surface area contributed by atoms with Gasteiger partial charge >= 0.3 is 11.9 Å². The van der Waals surface area contributed by atoms with Crippen LogP contribution >= 0.6 is 23.2 Å². The molecule has 12 nitrogen and oxygen atoms in total. The Kier molecular flexibility index (Phi) is 15.1. The first-order valence-electron chi connectivity index (χ1n) is 22.8. The first-order valence-corrected chi connectivity index (χ1v) is 23.5. The summed E-state index contributed by atoms with van der Waals surface area (Å²) >= 11 is 13.1. The first kappa shape index (κ1) is 49.4. The Morgan fingerprint density at radius 1 is 0.559 bits per heavy atom. The van der Waals surface area contributed by atoms with Crippen molar-refractivity contribution in [1.29, 1.82) is 0 Å². The highest BCUT2D eigenvalue weighted by molar-refractivity contribution is 6.35. The van der Waals surface area contributed by atoms with Crippen molar-refractivity contribution in [3.8, 4) is 23.0 Å². The molecule has 2 amide bonds. The summed E-state index contributed by atoms with van der Waals surface area (Å²) in [6.07, 6.45) is -0.432. The van der Waals surface area contributed by atoms with Crippen LogP contribution in [0.5, 0.6) is 23.0 Å². The molecule has 68 heavy (non-hydrogen) atoms. The zero-order valence-electron chi connectivity index (χ0n) is 39.7. The number of carboxylic acid groups (broad SMARTS) is 1. The number of benzene rings is 6. The lowest BCUT2D eigenvalue weighted by Crippen LogP contribution is -2.24. The second kappa shape index (κ2) is 20.8. The van der Waals surface area contributed by atoms with Crippen LogP contribution in [0.3, 0.4) is 0 Å². The average Bonchev–Trinajstić information content (AvgIpc) is 3.79. The van der Waals surface area contributed by atoms with Crippen LogP contribution in [0.4, 0.5) is 11.4 Å². The van der Waals surface area contributed by atoms with Gasteiger partial charge in [0.1, 0.15) is 23.0 Å². The van der Waals surface area contributed by atoms with Gasteiger partial charge in [-0.3, -0.25) is 19.2 Å². The molecule has 6 aromatic carbocycles. The fourth-order valence-corrected chi connectivity index (χ4v) is 9.11. The highest BCUT2D eigenvalue weighted by atomic mass is 35.5. The summed E-state index contributed by atoms with van der Waals surface area (Å²) in [5.74, 6) is 0.763. The van der Waals surface area contributed by atoms with Crippen molar-refractivity contribution in [2.24, 2.45) is 0 Å². The molecule has 2 aliphatic heterocycles. The Morgan fingerprint density at radius 3 is 1.25 bits per heavy atom. The number of hydrogen-bond acceptors (Lipinski definition) is 9. The number of amides is 2. The molecule has 0 bridgehead atoms. The van der Waals surface area contributed by atoms with Gasteiger partial charge in [-0.1, -0.05) is 83.9 Å². The maximum atomic E-state index is 13.8. The van der Waals surface area contributed by atoms with Gasteiger partial charge in [-0.05, 0) is 97.7 Å². The van der Waals surface area contributed by atoms with Crippen LogP contribution in [-0.2, 0) is 40.3 Å². The van der Waals surface area contributed by atoms with E-state index in [4.69, 9.17) is 52.0 Å². The van der Waals surface area contributed by atoms with E-state index in [1.54, 1.807) is 53.1 Å². The third kappa shape index (κ3) is 10.3. The lowest BCUT2D eigenvalue weighted by molar-refractivity contribution is -0.142. The molecule has 0 saturated carbocycles. The van der Waals surface area contributed by atoms with Gasteiger partial charge in [-0.2, -0.15) is 0 Å². The van der Waals surface area contributed by atoms with Gasteiger partial charge in [0.05, 0.1) is 89.5 Å². The van der Waals surface area contributed by atoms with E-state index in [0.29, 0.717) is 74.3 Å². The molecule has 1 N–H and O–H groups in total. The predicted octanol–water partition coefficient (Wildman–Crippen LogP) is 12.2. The van der Waals surface area contributed by atoms with Gasteiger partial charge in [-0.25, -0.2) is 0 Å². The number of aliphatic carboxylic acids is 1. The minimum Gasteiger partial charge on any atom is -0.490 e. The largest absolute Gasteiger partial charge is 0.490 e. The van der Waals surface area contributed by atoms with Crippen LogP contribution in [0.15, 0.2) is 84.9 Å². The molecule has 8 rings (SSSR count). The van der Waals surface area contributed by atoms with Gasteiger partial charge < -0.3 is 38.6 Å². The molecule has 2 aliphatic rings. The van der Waals surface area contributed by atoms with E-state index < -0.39 is 5.97 Å². The number of esters is 1. The Bertz CT molecular complexity index is 2930. The highest BCUT2D eigenvalue weighted by Gasteiger charge is 2.40. The maximum Gasteiger partial charge on any atom is 0.310 e. The van der Waals surface area contributed by atoms with Crippen LogP contribution in [0.2, 0.25) is 10.0 Å². The molecule has 0 fully saturated rings. The van der Waals surface area contributed by atoms with Crippen LogP contribution in [0.25, 0.3) is 21.5 Å². The maximum absolute atomic E-state index is 13.8. The minimum atomic E-state index is -0.943. The molecule has 356 valence electrons. The third-order valence-corrected chi connectivity index (χ3v) is 11.6. The zero-order chi connectivity index (χ0) is 49.1. The standard InChI is InChI=1S/C28H30ClNO5.C26H26ClNO5/c1-6-33-24(31)14-18-11-12-23(22(29)13-18)30-15-21-25(28(30)32)27(35-17(4)5)20-10-8-7-9-19(20)26(21)34-16(2)3;1-14(2)32-24-17-7-5-6-8-18(17)25(33-15(3)4)23-19(24)13-28(26(23)31)21-10-9-16(11-20(21)27)12-22(29)30/h7-13,16-17H,6,14-15H2,1-5H3;5-11,14-15H,12-13H2,1-4H3,(H,29,30). The van der Waals surface area contributed by atoms with Crippen molar-refractivity contribution in [2.45, 2.75) is 113 Å². The topological polar surface area (TPSA) is 141 Å². The molecule has 6 aromatic rings. The van der Waals surface area contributed by atoms with E-state index in [1.165, 1.54) is 0 Å². The summed E-state index contributed by atoms with van der Waals surface area (Å²) in [6.45, 7) is 18.2. The Balaban J connectivity index is 0.000000202. The Hall–Kier alpha value is -6.50. The van der Waals surface area contributed by atoms with E-state index >= 15 is 0 Å². The van der Waals surface area contributed by atoms with E-state index in [-0.39, 0.29) is 61.6 Å². The summed E-state index contributed by atoms with van der Waals surface area (Å²) in [4.78, 5) is 53.7.